The van der Waals surface area contributed by atoms with Gasteiger partial charge in [0.2, 0.25) is 5.91 Å². The summed E-state index contributed by atoms with van der Waals surface area (Å²) in [6, 6.07) is 9.69. The van der Waals surface area contributed by atoms with Gasteiger partial charge in [-0.2, -0.15) is 0 Å². The van der Waals surface area contributed by atoms with Gasteiger partial charge in [0.25, 0.3) is 0 Å². The Kier molecular flexibility index (Phi) is 6.33. The first kappa shape index (κ1) is 22.2. The number of aromatic nitrogens is 2. The second-order valence-electron chi connectivity index (χ2n) is 8.99. The van der Waals surface area contributed by atoms with Gasteiger partial charge in [-0.1, -0.05) is 11.8 Å². The van der Waals surface area contributed by atoms with Crippen LogP contribution in [0.5, 0.6) is 5.75 Å². The van der Waals surface area contributed by atoms with Crippen molar-refractivity contribution in [2.24, 2.45) is 11.8 Å². The molecule has 1 aliphatic heterocycles. The van der Waals surface area contributed by atoms with E-state index in [0.717, 1.165) is 65.9 Å². The van der Waals surface area contributed by atoms with Crippen molar-refractivity contribution >= 4 is 28.3 Å². The molecule has 0 radical (unpaired) electrons. The average Bonchev–Trinajstić information content (AvgIpc) is 3.66. The lowest BCUT2D eigenvalue weighted by atomic mass is 10.0. The average molecular weight is 457 g/mol. The zero-order valence-electron chi connectivity index (χ0n) is 19.4. The minimum absolute atomic E-state index is 0.0278. The lowest BCUT2D eigenvalue weighted by molar-refractivity contribution is -0.117. The monoisotopic (exact) mass is 456 g/mol. The number of amides is 1. The van der Waals surface area contributed by atoms with Gasteiger partial charge in [0.05, 0.1) is 24.9 Å². The number of carbonyl (C=O) groups is 1. The Morgan fingerprint density at radius 2 is 1.94 bits per heavy atom. The summed E-state index contributed by atoms with van der Waals surface area (Å²) in [5, 5.41) is 7.75. The number of benzene rings is 1. The summed E-state index contributed by atoms with van der Waals surface area (Å²) in [5.41, 5.74) is 1.66. The number of rotatable bonds is 7. The van der Waals surface area contributed by atoms with Crippen molar-refractivity contribution in [1.82, 2.24) is 9.97 Å². The predicted octanol–water partition coefficient (Wildman–Crippen LogP) is 4.22. The molecule has 0 bridgehead atoms. The van der Waals surface area contributed by atoms with Crippen molar-refractivity contribution in [2.75, 3.05) is 30.9 Å². The van der Waals surface area contributed by atoms with Crippen molar-refractivity contribution in [3.63, 3.8) is 0 Å². The number of pyridine rings is 2. The first-order chi connectivity index (χ1) is 16.6. The second-order valence-corrected chi connectivity index (χ2v) is 8.99. The van der Waals surface area contributed by atoms with Crippen LogP contribution in [0.4, 0.5) is 11.6 Å². The van der Waals surface area contributed by atoms with Gasteiger partial charge in [-0.3, -0.25) is 4.79 Å². The maximum Gasteiger partial charge on any atom is 0.228 e. The highest BCUT2D eigenvalue weighted by Crippen LogP contribution is 2.31. The van der Waals surface area contributed by atoms with E-state index >= 15 is 0 Å². The van der Waals surface area contributed by atoms with E-state index in [4.69, 9.17) is 9.47 Å². The van der Waals surface area contributed by atoms with E-state index in [1.54, 1.807) is 12.4 Å². The van der Waals surface area contributed by atoms with Crippen LogP contribution in [0.25, 0.3) is 10.8 Å². The highest BCUT2D eigenvalue weighted by atomic mass is 16.5. The van der Waals surface area contributed by atoms with E-state index in [2.05, 4.69) is 39.4 Å². The van der Waals surface area contributed by atoms with Crippen LogP contribution in [0.1, 0.15) is 37.3 Å². The summed E-state index contributed by atoms with van der Waals surface area (Å²) in [6.45, 7) is 3.77. The Balaban J connectivity index is 1.34. The maximum absolute atomic E-state index is 12.2. The third kappa shape index (κ3) is 5.13. The molecule has 1 saturated heterocycles. The zero-order chi connectivity index (χ0) is 23.5. The van der Waals surface area contributed by atoms with Crippen LogP contribution in [-0.4, -0.2) is 42.2 Å². The van der Waals surface area contributed by atoms with E-state index in [9.17, 15) is 4.79 Å². The number of nitrogens with one attached hydrogen (secondary N) is 2. The number of ether oxygens (including phenoxy) is 2. The molecule has 174 valence electrons. The van der Waals surface area contributed by atoms with Crippen molar-refractivity contribution in [2.45, 2.75) is 32.3 Å². The third-order valence-corrected chi connectivity index (χ3v) is 6.11. The fraction of sp³-hybridized carbons (Fsp3) is 0.370. The number of carbonyl (C=O) groups excluding carboxylic acids is 1. The molecule has 5 rings (SSSR count). The molecule has 2 fully saturated rings. The van der Waals surface area contributed by atoms with Crippen LogP contribution in [0.15, 0.2) is 42.7 Å². The molecule has 2 aromatic heterocycles. The standard InChI is InChI=1S/C27H28N4O3/c1-17(11-19-15-33-16-19)34-22-9-4-18(5-10-22)3-6-21-13-30-26(28-2)24-14-29-25(12-23(21)24)31-27(32)20-7-8-20/h4-5,9-10,12-14,17,19-20H,7-8,11,15-16H2,1-2H3,(H,28,30)(H,29,31,32). The Bertz CT molecular complexity index is 1250. The predicted molar refractivity (Wildman–Crippen MR) is 132 cm³/mol. The largest absolute Gasteiger partial charge is 0.491 e. The Morgan fingerprint density at radius 1 is 1.15 bits per heavy atom. The molecular formula is C27H28N4O3. The fourth-order valence-electron chi connectivity index (χ4n) is 4.00. The minimum atomic E-state index is 0.0278. The Labute approximate surface area is 199 Å². The number of fused-ring (bicyclic) bond motifs is 1. The maximum atomic E-state index is 12.2. The molecule has 2 aliphatic rings. The highest BCUT2D eigenvalue weighted by Gasteiger charge is 2.29. The fourth-order valence-corrected chi connectivity index (χ4v) is 4.00. The number of anilines is 2. The molecule has 1 aliphatic carbocycles. The van der Waals surface area contributed by atoms with Gasteiger partial charge in [0.15, 0.2) is 0 Å². The van der Waals surface area contributed by atoms with Crippen molar-refractivity contribution in [1.29, 1.82) is 0 Å². The van der Waals surface area contributed by atoms with E-state index in [1.165, 1.54) is 0 Å². The topological polar surface area (TPSA) is 85.4 Å². The Hall–Kier alpha value is -3.63. The molecule has 1 unspecified atom stereocenters. The summed E-state index contributed by atoms with van der Waals surface area (Å²) in [5.74, 6) is 9.30. The van der Waals surface area contributed by atoms with E-state index in [1.807, 2.05) is 37.4 Å². The van der Waals surface area contributed by atoms with Crippen LogP contribution in [-0.2, 0) is 9.53 Å². The van der Waals surface area contributed by atoms with Crippen molar-refractivity contribution in [3.05, 3.63) is 53.9 Å². The van der Waals surface area contributed by atoms with Crippen molar-refractivity contribution < 1.29 is 14.3 Å². The summed E-state index contributed by atoms with van der Waals surface area (Å²) < 4.78 is 11.3. The van der Waals surface area contributed by atoms with Crippen LogP contribution in [0.2, 0.25) is 0 Å². The number of hydrogen-bond acceptors (Lipinski definition) is 6. The van der Waals surface area contributed by atoms with Gasteiger partial charge < -0.3 is 20.1 Å². The molecule has 3 heterocycles. The summed E-state index contributed by atoms with van der Waals surface area (Å²) in [7, 11) is 1.82. The molecule has 1 amide bonds. The van der Waals surface area contributed by atoms with Gasteiger partial charge in [0.1, 0.15) is 17.4 Å². The SMILES string of the molecule is CNc1ncc(C#Cc2ccc(OC(C)CC3COC3)cc2)c2cc(NC(=O)C3CC3)ncc12. The lowest BCUT2D eigenvalue weighted by Crippen LogP contribution is -2.31. The number of nitrogens with zero attached hydrogens (tertiary/aromatic N) is 2. The molecule has 7 nitrogen and oxygen atoms in total. The zero-order valence-corrected chi connectivity index (χ0v) is 19.4. The van der Waals surface area contributed by atoms with Gasteiger partial charge >= 0.3 is 0 Å². The summed E-state index contributed by atoms with van der Waals surface area (Å²) >= 11 is 0. The van der Waals surface area contributed by atoms with Crippen LogP contribution in [0, 0.1) is 23.7 Å². The van der Waals surface area contributed by atoms with E-state index in [0.29, 0.717) is 11.7 Å². The van der Waals surface area contributed by atoms with Crippen LogP contribution in [0.3, 0.4) is 0 Å². The van der Waals surface area contributed by atoms with Gasteiger partial charge in [-0.05, 0) is 56.5 Å². The molecule has 34 heavy (non-hydrogen) atoms. The molecule has 3 aromatic rings. The van der Waals surface area contributed by atoms with Gasteiger partial charge in [-0.25, -0.2) is 9.97 Å². The normalized spacial score (nSPS) is 16.2. The Morgan fingerprint density at radius 3 is 2.62 bits per heavy atom. The second kappa shape index (κ2) is 9.70. The first-order valence-corrected chi connectivity index (χ1v) is 11.7. The molecule has 2 N–H and O–H groups in total. The van der Waals surface area contributed by atoms with E-state index in [-0.39, 0.29) is 17.9 Å². The minimum Gasteiger partial charge on any atom is -0.491 e. The smallest absolute Gasteiger partial charge is 0.228 e. The van der Waals surface area contributed by atoms with Crippen molar-refractivity contribution in [3.8, 4) is 17.6 Å². The molecule has 0 spiro atoms. The summed E-state index contributed by atoms with van der Waals surface area (Å²) in [6.07, 6.45) is 6.52. The first-order valence-electron chi connectivity index (χ1n) is 11.7. The third-order valence-electron chi connectivity index (χ3n) is 6.11. The van der Waals surface area contributed by atoms with E-state index < -0.39 is 0 Å². The van der Waals surface area contributed by atoms with Crippen LogP contribution < -0.4 is 15.4 Å². The molecule has 7 heteroatoms. The molecule has 1 saturated carbocycles. The highest BCUT2D eigenvalue weighted by molar-refractivity contribution is 5.99. The number of hydrogen-bond donors (Lipinski definition) is 2. The quantitative estimate of drug-likeness (QED) is 0.518. The molecule has 1 atom stereocenters. The van der Waals surface area contributed by atoms with Gasteiger partial charge in [0, 0.05) is 47.6 Å². The lowest BCUT2D eigenvalue weighted by Gasteiger charge is -2.28. The molecule has 1 aromatic carbocycles. The van der Waals surface area contributed by atoms with Gasteiger partial charge in [-0.15, -0.1) is 0 Å². The van der Waals surface area contributed by atoms with Crippen LogP contribution >= 0.6 is 0 Å². The summed E-state index contributed by atoms with van der Waals surface area (Å²) in [4.78, 5) is 21.1. The molecular weight excluding hydrogens is 428 g/mol.